The Morgan fingerprint density at radius 2 is 1.65 bits per heavy atom. The fourth-order valence-corrected chi connectivity index (χ4v) is 5.62. The second-order valence-corrected chi connectivity index (χ2v) is 10.4. The van der Waals surface area contributed by atoms with Crippen molar-refractivity contribution in [1.82, 2.24) is 19.2 Å². The van der Waals surface area contributed by atoms with Gasteiger partial charge in [0.25, 0.3) is 5.56 Å². The van der Waals surface area contributed by atoms with Crippen molar-refractivity contribution in [3.63, 3.8) is 0 Å². The first-order valence-electron chi connectivity index (χ1n) is 11.3. The Kier molecular flexibility index (Phi) is 6.72. The number of hydrogen-bond donors (Lipinski definition) is 2. The zero-order valence-electron chi connectivity index (χ0n) is 19.2. The minimum atomic E-state index is -4.18. The number of amides is 1. The van der Waals surface area contributed by atoms with E-state index in [4.69, 9.17) is 0 Å². The number of nitrogens with zero attached hydrogens (tertiary/aromatic N) is 2. The van der Waals surface area contributed by atoms with Crippen molar-refractivity contribution in [2.45, 2.75) is 49.1 Å². The molecule has 1 heterocycles. The Morgan fingerprint density at radius 3 is 2.32 bits per heavy atom. The van der Waals surface area contributed by atoms with Crippen LogP contribution in [0.1, 0.15) is 43.7 Å². The summed E-state index contributed by atoms with van der Waals surface area (Å²) < 4.78 is 31.4. The van der Waals surface area contributed by atoms with Gasteiger partial charge in [-0.15, -0.1) is 0 Å². The van der Waals surface area contributed by atoms with Crippen molar-refractivity contribution in [1.29, 1.82) is 0 Å². The highest BCUT2D eigenvalue weighted by molar-refractivity contribution is 7.89. The highest BCUT2D eigenvalue weighted by Crippen LogP contribution is 2.22. The molecule has 1 aliphatic rings. The minimum absolute atomic E-state index is 0.0157. The summed E-state index contributed by atoms with van der Waals surface area (Å²) in [6, 6.07) is 11.5. The maximum absolute atomic E-state index is 13.3. The number of benzene rings is 2. The van der Waals surface area contributed by atoms with Crippen molar-refractivity contribution in [3.05, 3.63) is 74.9 Å². The average Bonchev–Trinajstić information content (AvgIpc) is 2.85. The van der Waals surface area contributed by atoms with Crippen LogP contribution in [-0.2, 0) is 28.9 Å². The van der Waals surface area contributed by atoms with Crippen molar-refractivity contribution < 1.29 is 13.2 Å². The molecule has 0 bridgehead atoms. The largest absolute Gasteiger partial charge is 0.352 e. The van der Waals surface area contributed by atoms with Crippen molar-refractivity contribution >= 4 is 26.8 Å². The number of fused-ring (bicyclic) bond motifs is 1. The molecule has 1 fully saturated rings. The molecule has 1 saturated carbocycles. The third-order valence-corrected chi connectivity index (χ3v) is 7.79. The maximum Gasteiger partial charge on any atom is 0.330 e. The number of hydrogen-bond acceptors (Lipinski definition) is 5. The normalized spacial score (nSPS) is 15.8. The number of carbonyl (C=O) groups is 1. The number of nitrogens with one attached hydrogen (secondary N) is 2. The summed E-state index contributed by atoms with van der Waals surface area (Å²) in [5.74, 6) is -0.416. The van der Waals surface area contributed by atoms with E-state index in [2.05, 4.69) is 10.0 Å². The first-order valence-corrected chi connectivity index (χ1v) is 12.7. The van der Waals surface area contributed by atoms with Crippen LogP contribution in [0.4, 0.5) is 0 Å². The molecule has 0 unspecified atom stereocenters. The molecule has 0 saturated heterocycles. The minimum Gasteiger partial charge on any atom is -0.352 e. The third kappa shape index (κ3) is 4.69. The van der Waals surface area contributed by atoms with Crippen molar-refractivity contribution in [2.75, 3.05) is 0 Å². The van der Waals surface area contributed by atoms with Crippen LogP contribution in [0.25, 0.3) is 10.9 Å². The van der Waals surface area contributed by atoms with Gasteiger partial charge in [0.1, 0.15) is 6.04 Å². The van der Waals surface area contributed by atoms with E-state index < -0.39 is 33.2 Å². The van der Waals surface area contributed by atoms with Crippen LogP contribution < -0.4 is 21.3 Å². The molecule has 2 aromatic carbocycles. The van der Waals surface area contributed by atoms with E-state index in [9.17, 15) is 22.8 Å². The highest BCUT2D eigenvalue weighted by Gasteiger charge is 2.29. The van der Waals surface area contributed by atoms with Crippen molar-refractivity contribution in [3.8, 4) is 0 Å². The van der Waals surface area contributed by atoms with Gasteiger partial charge in [0, 0.05) is 20.1 Å². The Balaban J connectivity index is 1.70. The topological polar surface area (TPSA) is 119 Å². The second-order valence-electron chi connectivity index (χ2n) is 8.69. The van der Waals surface area contributed by atoms with Gasteiger partial charge in [-0.05, 0) is 36.6 Å². The lowest BCUT2D eigenvalue weighted by Gasteiger charge is -2.26. The molecule has 4 rings (SSSR count). The highest BCUT2D eigenvalue weighted by atomic mass is 32.2. The lowest BCUT2D eigenvalue weighted by molar-refractivity contribution is -0.123. The van der Waals surface area contributed by atoms with E-state index in [-0.39, 0.29) is 16.3 Å². The number of aromatic nitrogens is 2. The molecule has 0 radical (unpaired) electrons. The van der Waals surface area contributed by atoms with Crippen LogP contribution in [0.2, 0.25) is 0 Å². The van der Waals surface area contributed by atoms with Gasteiger partial charge in [-0.25, -0.2) is 13.2 Å². The molecule has 34 heavy (non-hydrogen) atoms. The zero-order valence-corrected chi connectivity index (χ0v) is 20.0. The van der Waals surface area contributed by atoms with Crippen LogP contribution in [0.3, 0.4) is 0 Å². The summed E-state index contributed by atoms with van der Waals surface area (Å²) >= 11 is 0. The molecule has 180 valence electrons. The number of carbonyl (C=O) groups excluding carboxylic acids is 1. The molecule has 1 aromatic heterocycles. The standard InChI is InChI=1S/C24H28N4O5S/c1-27-20-14-13-18(15-19(20)23(30)28(2)24(27)31)34(32,33)26-21(16-9-5-3-6-10-16)22(29)25-17-11-7-4-8-12-17/h3,5-6,9-10,13-15,17,21,26H,4,7-8,11-12H2,1-2H3,(H,25,29)/t21-/m0/s1. The number of aryl methyl sites for hydroxylation is 1. The summed E-state index contributed by atoms with van der Waals surface area (Å²) in [5, 5.41) is 3.09. The molecule has 1 atom stereocenters. The van der Waals surface area contributed by atoms with E-state index in [1.54, 1.807) is 30.3 Å². The molecule has 1 aliphatic carbocycles. The summed E-state index contributed by atoms with van der Waals surface area (Å²) in [6.45, 7) is 0. The molecule has 0 spiro atoms. The molecule has 3 aromatic rings. The molecule has 9 nitrogen and oxygen atoms in total. The number of rotatable bonds is 6. The lowest BCUT2D eigenvalue weighted by atomic mass is 9.95. The van der Waals surface area contributed by atoms with Crippen molar-refractivity contribution in [2.24, 2.45) is 14.1 Å². The van der Waals surface area contributed by atoms with Crippen LogP contribution >= 0.6 is 0 Å². The Hall–Kier alpha value is -3.24. The Labute approximate surface area is 197 Å². The van der Waals surface area contributed by atoms with Crippen LogP contribution in [0, 0.1) is 0 Å². The van der Waals surface area contributed by atoms with Gasteiger partial charge in [-0.1, -0.05) is 49.6 Å². The first kappa shape index (κ1) is 23.9. The SMILES string of the molecule is Cn1c(=O)c2cc(S(=O)(=O)N[C@H](C(=O)NC3CCCCC3)c3ccccc3)ccc2n(C)c1=O. The van der Waals surface area contributed by atoms with Gasteiger partial charge in [0.05, 0.1) is 15.8 Å². The monoisotopic (exact) mass is 484 g/mol. The fourth-order valence-electron chi connectivity index (χ4n) is 4.41. The summed E-state index contributed by atoms with van der Waals surface area (Å²) in [7, 11) is -1.33. The van der Waals surface area contributed by atoms with E-state index in [1.807, 2.05) is 0 Å². The molecule has 10 heteroatoms. The van der Waals surface area contributed by atoms with E-state index >= 15 is 0 Å². The van der Waals surface area contributed by atoms with Gasteiger partial charge < -0.3 is 5.32 Å². The van der Waals surface area contributed by atoms with Crippen LogP contribution in [-0.4, -0.2) is 29.5 Å². The smallest absolute Gasteiger partial charge is 0.330 e. The molecular formula is C24H28N4O5S. The maximum atomic E-state index is 13.3. The van der Waals surface area contributed by atoms with Gasteiger partial charge >= 0.3 is 5.69 Å². The summed E-state index contributed by atoms with van der Waals surface area (Å²) in [5.41, 5.74) is -0.264. The van der Waals surface area contributed by atoms with Crippen LogP contribution in [0.15, 0.2) is 63.0 Å². The quantitative estimate of drug-likeness (QED) is 0.552. The van der Waals surface area contributed by atoms with Gasteiger partial charge in [0.15, 0.2) is 0 Å². The van der Waals surface area contributed by atoms with Gasteiger partial charge in [0.2, 0.25) is 15.9 Å². The average molecular weight is 485 g/mol. The zero-order chi connectivity index (χ0) is 24.5. The predicted molar refractivity (Wildman–Crippen MR) is 129 cm³/mol. The molecular weight excluding hydrogens is 456 g/mol. The Morgan fingerprint density at radius 1 is 0.971 bits per heavy atom. The van der Waals surface area contributed by atoms with Crippen LogP contribution in [0.5, 0.6) is 0 Å². The summed E-state index contributed by atoms with van der Waals surface area (Å²) in [6.07, 6.45) is 4.93. The summed E-state index contributed by atoms with van der Waals surface area (Å²) in [4.78, 5) is 37.8. The molecule has 1 amide bonds. The first-order chi connectivity index (χ1) is 16.2. The molecule has 0 aliphatic heterocycles. The van der Waals surface area contributed by atoms with Gasteiger partial charge in [-0.2, -0.15) is 4.72 Å². The predicted octanol–water partition coefficient (Wildman–Crippen LogP) is 1.71. The Bertz CT molecular complexity index is 1440. The molecule has 2 N–H and O–H groups in total. The van der Waals surface area contributed by atoms with E-state index in [0.29, 0.717) is 11.1 Å². The number of sulfonamides is 1. The third-order valence-electron chi connectivity index (χ3n) is 6.37. The van der Waals surface area contributed by atoms with E-state index in [0.717, 1.165) is 36.7 Å². The second kappa shape index (κ2) is 9.55. The fraction of sp³-hybridized carbons (Fsp3) is 0.375. The lowest BCUT2D eigenvalue weighted by Crippen LogP contribution is -2.45. The van der Waals surface area contributed by atoms with Gasteiger partial charge in [-0.3, -0.25) is 18.7 Å². The van der Waals surface area contributed by atoms with E-state index in [1.165, 1.54) is 36.9 Å².